The second-order valence-corrected chi connectivity index (χ2v) is 11.7. The molecule has 1 aromatic heterocycles. The molecular formula is C24H40N4O4S2. The first-order valence-corrected chi connectivity index (χ1v) is 14.4. The van der Waals surface area contributed by atoms with Crippen LogP contribution < -0.4 is 10.6 Å². The van der Waals surface area contributed by atoms with Crippen molar-refractivity contribution in [1.82, 2.24) is 20.6 Å². The van der Waals surface area contributed by atoms with Crippen LogP contribution in [-0.2, 0) is 9.53 Å². The number of amides is 2. The number of rotatable bonds is 12. The Hall–Kier alpha value is -1.52. The fourth-order valence-electron chi connectivity index (χ4n) is 4.01. The summed E-state index contributed by atoms with van der Waals surface area (Å²) in [4.78, 5) is 33.8. The number of hydrogen-bond acceptors (Lipinski definition) is 8. The third-order valence-electron chi connectivity index (χ3n) is 5.63. The van der Waals surface area contributed by atoms with E-state index in [-0.39, 0.29) is 11.9 Å². The molecule has 0 bridgehead atoms. The van der Waals surface area contributed by atoms with E-state index in [2.05, 4.69) is 20.6 Å². The summed E-state index contributed by atoms with van der Waals surface area (Å²) in [6.45, 7) is 5.35. The molecule has 0 saturated heterocycles. The summed E-state index contributed by atoms with van der Waals surface area (Å²) in [5.74, 6) is 1.25. The Morgan fingerprint density at radius 3 is 2.47 bits per heavy atom. The average molecular weight is 513 g/mol. The first kappa shape index (κ1) is 28.7. The summed E-state index contributed by atoms with van der Waals surface area (Å²) < 4.78 is 5.33. The van der Waals surface area contributed by atoms with Gasteiger partial charge in [-0.05, 0) is 51.9 Å². The molecule has 0 radical (unpaired) electrons. The lowest BCUT2D eigenvalue weighted by molar-refractivity contribution is -0.124. The molecule has 3 N–H and O–H groups in total. The number of aromatic nitrogens is 2. The van der Waals surface area contributed by atoms with Crippen molar-refractivity contribution in [3.8, 4) is 0 Å². The van der Waals surface area contributed by atoms with Crippen LogP contribution in [0.3, 0.4) is 0 Å². The van der Waals surface area contributed by atoms with E-state index in [1.165, 1.54) is 42.8 Å². The molecule has 2 rings (SSSR count). The third kappa shape index (κ3) is 11.3. The van der Waals surface area contributed by atoms with Gasteiger partial charge in [-0.25, -0.2) is 14.8 Å². The van der Waals surface area contributed by atoms with Crippen LogP contribution >= 0.6 is 23.5 Å². The van der Waals surface area contributed by atoms with E-state index in [0.29, 0.717) is 29.0 Å². The van der Waals surface area contributed by atoms with E-state index in [4.69, 9.17) is 4.74 Å². The minimum Gasteiger partial charge on any atom is -0.444 e. The number of thioether (sulfide) groups is 2. The Morgan fingerprint density at radius 1 is 1.18 bits per heavy atom. The number of carbonyl (C=O) groups is 2. The van der Waals surface area contributed by atoms with Gasteiger partial charge >= 0.3 is 6.09 Å². The molecular weight excluding hydrogens is 472 g/mol. The van der Waals surface area contributed by atoms with Gasteiger partial charge in [0.2, 0.25) is 5.91 Å². The molecule has 1 heterocycles. The molecule has 0 unspecified atom stereocenters. The molecule has 1 aliphatic carbocycles. The number of aliphatic hydroxyl groups excluding tert-OH is 1. The lowest BCUT2D eigenvalue weighted by Gasteiger charge is -2.31. The quantitative estimate of drug-likeness (QED) is 0.284. The molecule has 1 saturated carbocycles. The fourth-order valence-corrected chi connectivity index (χ4v) is 5.39. The van der Waals surface area contributed by atoms with Gasteiger partial charge in [0.15, 0.2) is 5.16 Å². The second kappa shape index (κ2) is 14.8. The minimum absolute atomic E-state index is 0.292. The van der Waals surface area contributed by atoms with E-state index >= 15 is 0 Å². The van der Waals surface area contributed by atoms with Crippen LogP contribution in [0.15, 0.2) is 23.6 Å². The largest absolute Gasteiger partial charge is 0.444 e. The summed E-state index contributed by atoms with van der Waals surface area (Å²) in [5.41, 5.74) is -0.648. The molecule has 1 fully saturated rings. The highest BCUT2D eigenvalue weighted by atomic mass is 32.2. The molecule has 34 heavy (non-hydrogen) atoms. The van der Waals surface area contributed by atoms with Crippen LogP contribution in [0.5, 0.6) is 0 Å². The molecule has 3 atom stereocenters. The van der Waals surface area contributed by atoms with Crippen LogP contribution in [0.2, 0.25) is 0 Å². The standard InChI is InChI=1S/C24H40N4O4S2/c1-24(2,3)32-23(31)28-19(16-33-4)21(30)27-18(15-17-9-6-5-7-10-17)20(29)11-14-34-22-25-12-8-13-26-22/h8,12-13,17-20,29H,5-7,9-11,14-16H2,1-4H3,(H,27,30)(H,28,31)/t18-,19-,20-/m0/s1. The van der Waals surface area contributed by atoms with Crippen molar-refractivity contribution in [2.24, 2.45) is 5.92 Å². The predicted molar refractivity (Wildman–Crippen MR) is 138 cm³/mol. The second-order valence-electron chi connectivity index (χ2n) is 9.74. The van der Waals surface area contributed by atoms with Crippen LogP contribution in [0.4, 0.5) is 4.79 Å². The van der Waals surface area contributed by atoms with Crippen molar-refractivity contribution in [1.29, 1.82) is 0 Å². The van der Waals surface area contributed by atoms with E-state index in [1.807, 2.05) is 6.26 Å². The van der Waals surface area contributed by atoms with Crippen molar-refractivity contribution in [2.45, 2.75) is 94.7 Å². The molecule has 192 valence electrons. The summed E-state index contributed by atoms with van der Waals surface area (Å²) >= 11 is 2.96. The Labute approximate surface area is 212 Å². The normalized spacial score (nSPS) is 17.4. The van der Waals surface area contributed by atoms with Gasteiger partial charge in [-0.3, -0.25) is 4.79 Å². The van der Waals surface area contributed by atoms with Crippen molar-refractivity contribution in [2.75, 3.05) is 17.8 Å². The Balaban J connectivity index is 2.00. The zero-order valence-corrected chi connectivity index (χ0v) is 22.4. The Morgan fingerprint density at radius 2 is 1.85 bits per heavy atom. The number of aliphatic hydroxyl groups is 1. The highest BCUT2D eigenvalue weighted by Crippen LogP contribution is 2.29. The van der Waals surface area contributed by atoms with Gasteiger partial charge in [0.1, 0.15) is 11.6 Å². The van der Waals surface area contributed by atoms with E-state index < -0.39 is 23.8 Å². The fraction of sp³-hybridized carbons (Fsp3) is 0.750. The molecule has 1 aliphatic rings. The highest BCUT2D eigenvalue weighted by Gasteiger charge is 2.30. The van der Waals surface area contributed by atoms with Crippen LogP contribution in [-0.4, -0.2) is 68.6 Å². The van der Waals surface area contributed by atoms with Gasteiger partial charge in [0.05, 0.1) is 12.1 Å². The maximum atomic E-state index is 13.2. The number of hydrogen-bond donors (Lipinski definition) is 3. The third-order valence-corrected chi connectivity index (χ3v) is 7.21. The van der Waals surface area contributed by atoms with Crippen molar-refractivity contribution in [3.05, 3.63) is 18.5 Å². The SMILES string of the molecule is CSC[C@H](NC(=O)OC(C)(C)C)C(=O)N[C@@H](CC1CCCCC1)[C@@H](O)CCSc1ncccn1. The van der Waals surface area contributed by atoms with Gasteiger partial charge < -0.3 is 20.5 Å². The maximum Gasteiger partial charge on any atom is 0.408 e. The van der Waals surface area contributed by atoms with Crippen LogP contribution in [0.25, 0.3) is 0 Å². The summed E-state index contributed by atoms with van der Waals surface area (Å²) in [5, 5.41) is 17.4. The molecule has 0 aromatic carbocycles. The van der Waals surface area contributed by atoms with Gasteiger partial charge in [-0.2, -0.15) is 11.8 Å². The van der Waals surface area contributed by atoms with Gasteiger partial charge in [0.25, 0.3) is 0 Å². The molecule has 2 amide bonds. The average Bonchev–Trinajstić information content (AvgIpc) is 2.78. The van der Waals surface area contributed by atoms with Crippen molar-refractivity contribution >= 4 is 35.5 Å². The van der Waals surface area contributed by atoms with E-state index in [1.54, 1.807) is 39.2 Å². The van der Waals surface area contributed by atoms with Crippen LogP contribution in [0.1, 0.15) is 65.7 Å². The number of nitrogens with zero attached hydrogens (tertiary/aromatic N) is 2. The topological polar surface area (TPSA) is 113 Å². The number of ether oxygens (including phenoxy) is 1. The highest BCUT2D eigenvalue weighted by molar-refractivity contribution is 7.99. The zero-order chi connectivity index (χ0) is 25.0. The summed E-state index contributed by atoms with van der Waals surface area (Å²) in [6.07, 6.45) is 11.1. The maximum absolute atomic E-state index is 13.2. The Kier molecular flexibility index (Phi) is 12.5. The number of nitrogens with one attached hydrogen (secondary N) is 2. The molecule has 8 nitrogen and oxygen atoms in total. The first-order chi connectivity index (χ1) is 16.2. The van der Waals surface area contributed by atoms with Gasteiger partial charge in [0, 0.05) is 23.9 Å². The van der Waals surface area contributed by atoms with E-state index in [9.17, 15) is 14.7 Å². The smallest absolute Gasteiger partial charge is 0.408 e. The monoisotopic (exact) mass is 512 g/mol. The predicted octanol–water partition coefficient (Wildman–Crippen LogP) is 4.03. The van der Waals surface area contributed by atoms with Gasteiger partial charge in [-0.1, -0.05) is 43.9 Å². The zero-order valence-electron chi connectivity index (χ0n) is 20.8. The molecule has 0 aliphatic heterocycles. The molecule has 1 aromatic rings. The number of carbonyl (C=O) groups excluding carboxylic acids is 2. The lowest BCUT2D eigenvalue weighted by atomic mass is 9.83. The van der Waals surface area contributed by atoms with Crippen molar-refractivity contribution < 1.29 is 19.4 Å². The lowest BCUT2D eigenvalue weighted by Crippen LogP contribution is -2.54. The van der Waals surface area contributed by atoms with Gasteiger partial charge in [-0.15, -0.1) is 0 Å². The molecule has 0 spiro atoms. The van der Waals surface area contributed by atoms with Crippen LogP contribution in [0, 0.1) is 5.92 Å². The van der Waals surface area contributed by atoms with Crippen molar-refractivity contribution in [3.63, 3.8) is 0 Å². The molecule has 10 heteroatoms. The minimum atomic E-state index is -0.738. The van der Waals surface area contributed by atoms with E-state index in [0.717, 1.165) is 19.3 Å². The summed E-state index contributed by atoms with van der Waals surface area (Å²) in [7, 11) is 0. The first-order valence-electron chi connectivity index (χ1n) is 12.0. The number of alkyl carbamates (subject to hydrolysis) is 1. The Bertz CT molecular complexity index is 742. The summed E-state index contributed by atoms with van der Waals surface area (Å²) in [6, 6.07) is 0.654.